The number of benzene rings is 1. The van der Waals surface area contributed by atoms with Crippen molar-refractivity contribution in [3.8, 4) is 0 Å². The molecular weight excluding hydrogens is 363 g/mol. The molecule has 0 saturated carbocycles. The molecule has 5 heteroatoms. The molecule has 0 aliphatic carbocycles. The summed E-state index contributed by atoms with van der Waals surface area (Å²) in [6, 6.07) is 8.73. The van der Waals surface area contributed by atoms with Crippen molar-refractivity contribution in [2.75, 3.05) is 19.6 Å². The lowest BCUT2D eigenvalue weighted by molar-refractivity contribution is 0.466. The molecule has 1 aliphatic heterocycles. The lowest BCUT2D eigenvalue weighted by Crippen LogP contribution is -2.37. The number of H-pyrrole nitrogens is 1. The van der Waals surface area contributed by atoms with Gasteiger partial charge < -0.3 is 15.2 Å². The van der Waals surface area contributed by atoms with Crippen LogP contribution in [0.4, 0.5) is 0 Å². The minimum absolute atomic E-state index is 0. The van der Waals surface area contributed by atoms with E-state index in [-0.39, 0.29) is 24.0 Å². The lowest BCUT2D eigenvalue weighted by Gasteiger charge is -2.18. The Kier molecular flexibility index (Phi) is 4.91. The monoisotopic (exact) mass is 384 g/mol. The summed E-state index contributed by atoms with van der Waals surface area (Å²) >= 11 is 0. The van der Waals surface area contributed by atoms with Gasteiger partial charge in [0.1, 0.15) is 0 Å². The number of fused-ring (bicyclic) bond motifs is 1. The number of aryl methyl sites for hydroxylation is 1. The van der Waals surface area contributed by atoms with Crippen molar-refractivity contribution in [3.05, 3.63) is 35.5 Å². The highest BCUT2D eigenvalue weighted by molar-refractivity contribution is 14.0. The molecule has 1 aromatic heterocycles. The van der Waals surface area contributed by atoms with Gasteiger partial charge in [-0.2, -0.15) is 0 Å². The van der Waals surface area contributed by atoms with E-state index in [4.69, 9.17) is 0 Å². The quantitative estimate of drug-likeness (QED) is 0.800. The van der Waals surface area contributed by atoms with E-state index in [1.165, 1.54) is 22.2 Å². The van der Waals surface area contributed by atoms with Crippen LogP contribution in [0.25, 0.3) is 10.9 Å². The van der Waals surface area contributed by atoms with Gasteiger partial charge in [0.05, 0.1) is 6.54 Å². The SMILES string of the molecule is CCN1CCN=C1NCc1ccc2cc(C)[nH]c2c1.I. The van der Waals surface area contributed by atoms with Gasteiger partial charge in [0.25, 0.3) is 0 Å². The number of hydrogen-bond acceptors (Lipinski definition) is 3. The number of nitrogens with zero attached hydrogens (tertiary/aromatic N) is 2. The summed E-state index contributed by atoms with van der Waals surface area (Å²) in [5, 5.41) is 4.71. The van der Waals surface area contributed by atoms with E-state index in [0.717, 1.165) is 32.1 Å². The second kappa shape index (κ2) is 6.47. The van der Waals surface area contributed by atoms with Crippen LogP contribution in [0.15, 0.2) is 29.3 Å². The molecule has 0 atom stereocenters. The predicted molar refractivity (Wildman–Crippen MR) is 94.8 cm³/mol. The van der Waals surface area contributed by atoms with Gasteiger partial charge in [0.15, 0.2) is 5.96 Å². The molecule has 0 saturated heterocycles. The van der Waals surface area contributed by atoms with E-state index in [9.17, 15) is 0 Å². The van der Waals surface area contributed by atoms with Crippen LogP contribution in [-0.4, -0.2) is 35.5 Å². The van der Waals surface area contributed by atoms with Crippen molar-refractivity contribution in [3.63, 3.8) is 0 Å². The average molecular weight is 384 g/mol. The van der Waals surface area contributed by atoms with Crippen molar-refractivity contribution in [1.29, 1.82) is 0 Å². The van der Waals surface area contributed by atoms with Crippen LogP contribution in [0.3, 0.4) is 0 Å². The van der Waals surface area contributed by atoms with Gasteiger partial charge in [0.2, 0.25) is 0 Å². The topological polar surface area (TPSA) is 43.4 Å². The maximum absolute atomic E-state index is 4.49. The van der Waals surface area contributed by atoms with E-state index >= 15 is 0 Å². The summed E-state index contributed by atoms with van der Waals surface area (Å²) in [7, 11) is 0. The first kappa shape index (κ1) is 15.2. The molecule has 3 rings (SSSR count). The highest BCUT2D eigenvalue weighted by atomic mass is 127. The van der Waals surface area contributed by atoms with Gasteiger partial charge in [-0.05, 0) is 36.9 Å². The molecule has 1 aromatic carbocycles. The third-order valence-corrected chi connectivity index (χ3v) is 3.58. The van der Waals surface area contributed by atoms with Crippen LogP contribution in [0.5, 0.6) is 0 Å². The first-order chi connectivity index (χ1) is 9.26. The van der Waals surface area contributed by atoms with Crippen LogP contribution >= 0.6 is 24.0 Å². The highest BCUT2D eigenvalue weighted by Gasteiger charge is 2.14. The van der Waals surface area contributed by atoms with Gasteiger partial charge in [-0.1, -0.05) is 12.1 Å². The Labute approximate surface area is 136 Å². The molecule has 0 radical (unpaired) electrons. The number of guanidine groups is 1. The number of aromatic amines is 1. The molecular formula is C15H21IN4. The number of hydrogen-bond donors (Lipinski definition) is 2. The lowest BCUT2D eigenvalue weighted by atomic mass is 10.1. The van der Waals surface area contributed by atoms with Crippen molar-refractivity contribution < 1.29 is 0 Å². The summed E-state index contributed by atoms with van der Waals surface area (Å²) in [4.78, 5) is 10.1. The Morgan fingerprint density at radius 3 is 3.00 bits per heavy atom. The Morgan fingerprint density at radius 1 is 1.35 bits per heavy atom. The van der Waals surface area contributed by atoms with Crippen molar-refractivity contribution >= 4 is 40.8 Å². The van der Waals surface area contributed by atoms with Crippen molar-refractivity contribution in [2.45, 2.75) is 20.4 Å². The third kappa shape index (κ3) is 3.08. The van der Waals surface area contributed by atoms with Gasteiger partial charge in [-0.3, -0.25) is 4.99 Å². The van der Waals surface area contributed by atoms with Crippen LogP contribution in [0.1, 0.15) is 18.2 Å². The fourth-order valence-corrected chi connectivity index (χ4v) is 2.57. The second-order valence-electron chi connectivity index (χ2n) is 5.01. The van der Waals surface area contributed by atoms with Crippen molar-refractivity contribution in [2.24, 2.45) is 4.99 Å². The van der Waals surface area contributed by atoms with Crippen LogP contribution in [-0.2, 0) is 6.54 Å². The normalized spacial score (nSPS) is 14.3. The Balaban J connectivity index is 0.00000147. The van der Waals surface area contributed by atoms with Gasteiger partial charge in [0, 0.05) is 30.8 Å². The zero-order chi connectivity index (χ0) is 13.2. The van der Waals surface area contributed by atoms with E-state index < -0.39 is 0 Å². The van der Waals surface area contributed by atoms with Crippen LogP contribution in [0, 0.1) is 6.92 Å². The maximum atomic E-state index is 4.49. The Hall–Kier alpha value is -1.24. The summed E-state index contributed by atoms with van der Waals surface area (Å²) in [5.41, 5.74) is 3.69. The van der Waals surface area contributed by atoms with Gasteiger partial charge in [-0.25, -0.2) is 0 Å². The number of aliphatic imine (C=N–C) groups is 1. The molecule has 4 nitrogen and oxygen atoms in total. The minimum Gasteiger partial charge on any atom is -0.359 e. The number of likely N-dealkylation sites (N-methyl/N-ethyl adjacent to an activating group) is 1. The largest absolute Gasteiger partial charge is 0.359 e. The summed E-state index contributed by atoms with van der Waals surface area (Å²) < 4.78 is 0. The van der Waals surface area contributed by atoms with Crippen molar-refractivity contribution in [1.82, 2.24) is 15.2 Å². The van der Waals surface area contributed by atoms with E-state index in [0.29, 0.717) is 0 Å². The first-order valence-corrected chi connectivity index (χ1v) is 6.88. The standard InChI is InChI=1S/C15H20N4.HI/c1-3-19-7-6-16-15(19)17-10-12-4-5-13-8-11(2)18-14(13)9-12;/h4-5,8-9,18H,3,6-7,10H2,1-2H3,(H,16,17);1H. The molecule has 1 aliphatic rings. The fourth-order valence-electron chi connectivity index (χ4n) is 2.57. The van der Waals surface area contributed by atoms with Crippen LogP contribution in [0.2, 0.25) is 0 Å². The molecule has 0 bridgehead atoms. The predicted octanol–water partition coefficient (Wildman–Crippen LogP) is 2.88. The molecule has 0 fully saturated rings. The maximum Gasteiger partial charge on any atom is 0.194 e. The zero-order valence-corrected chi connectivity index (χ0v) is 14.3. The minimum atomic E-state index is 0. The third-order valence-electron chi connectivity index (χ3n) is 3.58. The average Bonchev–Trinajstić information content (AvgIpc) is 3.00. The van der Waals surface area contributed by atoms with Gasteiger partial charge in [-0.15, -0.1) is 24.0 Å². The number of nitrogens with one attached hydrogen (secondary N) is 2. The second-order valence-corrected chi connectivity index (χ2v) is 5.01. The van der Waals surface area contributed by atoms with E-state index in [2.05, 4.69) is 58.3 Å². The Morgan fingerprint density at radius 2 is 2.20 bits per heavy atom. The number of rotatable bonds is 3. The summed E-state index contributed by atoms with van der Waals surface area (Å²) in [6.07, 6.45) is 0. The number of halogens is 1. The molecule has 0 unspecified atom stereocenters. The molecule has 2 heterocycles. The number of aromatic nitrogens is 1. The molecule has 108 valence electrons. The molecule has 20 heavy (non-hydrogen) atoms. The highest BCUT2D eigenvalue weighted by Crippen LogP contribution is 2.16. The first-order valence-electron chi connectivity index (χ1n) is 6.88. The fraction of sp³-hybridized carbons (Fsp3) is 0.400. The van der Waals surface area contributed by atoms with E-state index in [1.807, 2.05) is 0 Å². The smallest absolute Gasteiger partial charge is 0.194 e. The molecule has 2 N–H and O–H groups in total. The summed E-state index contributed by atoms with van der Waals surface area (Å²) in [5.74, 6) is 1.03. The molecule has 0 spiro atoms. The summed E-state index contributed by atoms with van der Waals surface area (Å²) in [6.45, 7) is 8.03. The van der Waals surface area contributed by atoms with Gasteiger partial charge >= 0.3 is 0 Å². The zero-order valence-electron chi connectivity index (χ0n) is 11.9. The molecule has 0 amide bonds. The molecule has 2 aromatic rings. The van der Waals surface area contributed by atoms with Crippen LogP contribution < -0.4 is 5.32 Å². The Bertz CT molecular complexity index is 617. The van der Waals surface area contributed by atoms with E-state index in [1.54, 1.807) is 0 Å².